The lowest BCUT2D eigenvalue weighted by Crippen LogP contribution is -2.39. The lowest BCUT2D eigenvalue weighted by molar-refractivity contribution is 0.325. The van der Waals surface area contributed by atoms with Crippen molar-refractivity contribution < 1.29 is 0 Å². The largest absolute Gasteiger partial charge is 0.271 e. The highest BCUT2D eigenvalue weighted by Crippen LogP contribution is 2.27. The van der Waals surface area contributed by atoms with Crippen molar-refractivity contribution in [1.29, 1.82) is 0 Å². The normalized spacial score (nSPS) is 20.9. The van der Waals surface area contributed by atoms with Gasteiger partial charge in [-0.3, -0.25) is 11.3 Å². The number of hydrogen-bond donors (Lipinski definition) is 2. The van der Waals surface area contributed by atoms with Gasteiger partial charge < -0.3 is 0 Å². The summed E-state index contributed by atoms with van der Waals surface area (Å²) in [5.74, 6) is 5.71. The second kappa shape index (κ2) is 6.41. The predicted molar refractivity (Wildman–Crippen MR) is 71.0 cm³/mol. The minimum Gasteiger partial charge on any atom is -0.271 e. The summed E-state index contributed by atoms with van der Waals surface area (Å²) in [7, 11) is 0. The van der Waals surface area contributed by atoms with Crippen LogP contribution < -0.4 is 11.3 Å². The molecule has 3 N–H and O–H groups in total. The number of rotatable bonds is 3. The van der Waals surface area contributed by atoms with Crippen molar-refractivity contribution in [3.63, 3.8) is 0 Å². The summed E-state index contributed by atoms with van der Waals surface area (Å²) in [5, 5.41) is 0. The second-order valence-electron chi connectivity index (χ2n) is 6.22. The Bertz CT molecular complexity index is 225. The Morgan fingerprint density at radius 2 is 1.94 bits per heavy atom. The zero-order chi connectivity index (χ0) is 12.0. The minimum atomic E-state index is 0.334. The van der Waals surface area contributed by atoms with Gasteiger partial charge in [0, 0.05) is 6.04 Å². The smallest absolute Gasteiger partial charge is 0.0424 e. The molecule has 16 heavy (non-hydrogen) atoms. The van der Waals surface area contributed by atoms with E-state index in [4.69, 9.17) is 5.84 Å². The van der Waals surface area contributed by atoms with Gasteiger partial charge in [0.05, 0.1) is 0 Å². The fourth-order valence-electron chi connectivity index (χ4n) is 2.44. The average Bonchev–Trinajstić information content (AvgIpc) is 2.12. The van der Waals surface area contributed by atoms with E-state index in [2.05, 4.69) is 32.3 Å². The molecular weight excluding hydrogens is 196 g/mol. The van der Waals surface area contributed by atoms with Gasteiger partial charge in [-0.05, 0) is 37.5 Å². The Labute approximate surface area is 101 Å². The van der Waals surface area contributed by atoms with Gasteiger partial charge in [-0.2, -0.15) is 0 Å². The molecule has 0 amide bonds. The van der Waals surface area contributed by atoms with E-state index in [9.17, 15) is 0 Å². The van der Waals surface area contributed by atoms with Crippen molar-refractivity contribution >= 4 is 0 Å². The van der Waals surface area contributed by atoms with Crippen LogP contribution in [0.4, 0.5) is 0 Å². The van der Waals surface area contributed by atoms with Crippen molar-refractivity contribution in [3.05, 3.63) is 11.6 Å². The maximum absolute atomic E-state index is 5.71. The van der Waals surface area contributed by atoms with Crippen LogP contribution in [0.5, 0.6) is 0 Å². The first-order valence-corrected chi connectivity index (χ1v) is 6.68. The SMILES string of the molecule is CC(C)(C)CC(NN)C1=CCCCCCC1. The first kappa shape index (κ1) is 13.7. The lowest BCUT2D eigenvalue weighted by Gasteiger charge is -2.28. The van der Waals surface area contributed by atoms with E-state index in [1.807, 2.05) is 0 Å². The quantitative estimate of drug-likeness (QED) is 0.437. The van der Waals surface area contributed by atoms with E-state index in [1.54, 1.807) is 0 Å². The number of nitrogens with one attached hydrogen (secondary N) is 1. The van der Waals surface area contributed by atoms with Gasteiger partial charge in [0.1, 0.15) is 0 Å². The maximum Gasteiger partial charge on any atom is 0.0424 e. The zero-order valence-electron chi connectivity index (χ0n) is 11.2. The fourth-order valence-corrected chi connectivity index (χ4v) is 2.44. The predicted octanol–water partition coefficient (Wildman–Crippen LogP) is 3.54. The molecule has 0 aromatic carbocycles. The molecule has 0 radical (unpaired) electrons. The van der Waals surface area contributed by atoms with E-state index >= 15 is 0 Å². The molecule has 1 atom stereocenters. The van der Waals surface area contributed by atoms with Crippen LogP contribution in [-0.4, -0.2) is 6.04 Å². The molecule has 1 aliphatic rings. The zero-order valence-corrected chi connectivity index (χ0v) is 11.2. The van der Waals surface area contributed by atoms with E-state index in [0.29, 0.717) is 11.5 Å². The molecule has 0 aromatic heterocycles. The topological polar surface area (TPSA) is 38.0 Å². The number of hydrogen-bond acceptors (Lipinski definition) is 2. The van der Waals surface area contributed by atoms with E-state index in [1.165, 1.54) is 44.1 Å². The molecule has 0 aromatic rings. The highest BCUT2D eigenvalue weighted by atomic mass is 15.2. The van der Waals surface area contributed by atoms with Gasteiger partial charge in [-0.25, -0.2) is 0 Å². The van der Waals surface area contributed by atoms with Crippen molar-refractivity contribution in [2.24, 2.45) is 11.3 Å². The molecule has 0 aliphatic heterocycles. The summed E-state index contributed by atoms with van der Waals surface area (Å²) in [5.41, 5.74) is 4.88. The molecule has 0 heterocycles. The number of hydrazine groups is 1. The summed E-state index contributed by atoms with van der Waals surface area (Å²) in [6, 6.07) is 0.373. The molecule has 1 unspecified atom stereocenters. The van der Waals surface area contributed by atoms with Crippen LogP contribution in [0.3, 0.4) is 0 Å². The van der Waals surface area contributed by atoms with Crippen LogP contribution in [0.2, 0.25) is 0 Å². The van der Waals surface area contributed by atoms with Crippen LogP contribution in [0.1, 0.15) is 65.7 Å². The summed E-state index contributed by atoms with van der Waals surface area (Å²) in [4.78, 5) is 0. The van der Waals surface area contributed by atoms with Crippen LogP contribution >= 0.6 is 0 Å². The van der Waals surface area contributed by atoms with E-state index in [-0.39, 0.29) is 0 Å². The third-order valence-electron chi connectivity index (χ3n) is 3.29. The molecule has 0 saturated heterocycles. The third-order valence-corrected chi connectivity index (χ3v) is 3.29. The van der Waals surface area contributed by atoms with Crippen molar-refractivity contribution in [3.8, 4) is 0 Å². The minimum absolute atomic E-state index is 0.334. The number of allylic oxidation sites excluding steroid dienone is 1. The van der Waals surface area contributed by atoms with E-state index < -0.39 is 0 Å². The second-order valence-corrected chi connectivity index (χ2v) is 6.22. The Kier molecular flexibility index (Phi) is 5.50. The molecule has 0 fully saturated rings. The standard InChI is InChI=1S/C14H28N2/c1-14(2,3)11-13(16-15)12-9-7-5-4-6-8-10-12/h9,13,16H,4-8,10-11,15H2,1-3H3. The van der Waals surface area contributed by atoms with Crippen molar-refractivity contribution in [2.75, 3.05) is 0 Å². The Morgan fingerprint density at radius 3 is 2.56 bits per heavy atom. The molecule has 94 valence electrons. The Morgan fingerprint density at radius 1 is 1.25 bits per heavy atom. The Balaban J connectivity index is 2.62. The van der Waals surface area contributed by atoms with Crippen LogP contribution in [0.15, 0.2) is 11.6 Å². The average molecular weight is 224 g/mol. The molecule has 0 bridgehead atoms. The molecule has 2 nitrogen and oxygen atoms in total. The van der Waals surface area contributed by atoms with Crippen LogP contribution in [-0.2, 0) is 0 Å². The highest BCUT2D eigenvalue weighted by Gasteiger charge is 2.20. The maximum atomic E-state index is 5.71. The van der Waals surface area contributed by atoms with Gasteiger partial charge in [-0.1, -0.05) is 45.3 Å². The van der Waals surface area contributed by atoms with Gasteiger partial charge in [0.2, 0.25) is 0 Å². The van der Waals surface area contributed by atoms with Gasteiger partial charge >= 0.3 is 0 Å². The third kappa shape index (κ3) is 5.13. The van der Waals surface area contributed by atoms with Crippen molar-refractivity contribution in [2.45, 2.75) is 71.8 Å². The fraction of sp³-hybridized carbons (Fsp3) is 0.857. The number of nitrogens with two attached hydrogens (primary N) is 1. The molecule has 1 rings (SSSR count). The van der Waals surface area contributed by atoms with E-state index in [0.717, 1.165) is 6.42 Å². The van der Waals surface area contributed by atoms with Gasteiger partial charge in [0.15, 0.2) is 0 Å². The first-order chi connectivity index (χ1) is 7.53. The molecule has 0 saturated carbocycles. The van der Waals surface area contributed by atoms with Crippen LogP contribution in [0.25, 0.3) is 0 Å². The summed E-state index contributed by atoms with van der Waals surface area (Å²) < 4.78 is 0. The summed E-state index contributed by atoms with van der Waals surface area (Å²) >= 11 is 0. The first-order valence-electron chi connectivity index (χ1n) is 6.68. The van der Waals surface area contributed by atoms with Crippen LogP contribution in [0, 0.1) is 5.41 Å². The lowest BCUT2D eigenvalue weighted by atomic mass is 9.83. The Hall–Kier alpha value is -0.340. The van der Waals surface area contributed by atoms with Gasteiger partial charge in [0.25, 0.3) is 0 Å². The molecular formula is C14H28N2. The van der Waals surface area contributed by atoms with Gasteiger partial charge in [-0.15, -0.1) is 0 Å². The molecule has 1 aliphatic carbocycles. The monoisotopic (exact) mass is 224 g/mol. The summed E-state index contributed by atoms with van der Waals surface area (Å²) in [6.07, 6.45) is 11.5. The highest BCUT2D eigenvalue weighted by molar-refractivity contribution is 5.12. The summed E-state index contributed by atoms with van der Waals surface area (Å²) in [6.45, 7) is 6.84. The molecule has 0 spiro atoms. The molecule has 2 heteroatoms. The van der Waals surface area contributed by atoms with Crippen molar-refractivity contribution in [1.82, 2.24) is 5.43 Å².